The molecule has 1 saturated heterocycles. The van der Waals surface area contributed by atoms with Crippen molar-refractivity contribution in [1.82, 2.24) is 4.90 Å². The predicted octanol–water partition coefficient (Wildman–Crippen LogP) is 4.07. The van der Waals surface area contributed by atoms with Crippen LogP contribution < -0.4 is 0 Å². The summed E-state index contributed by atoms with van der Waals surface area (Å²) >= 11 is 5.92. The molecule has 22 heavy (non-hydrogen) atoms. The van der Waals surface area contributed by atoms with E-state index in [2.05, 4.69) is 24.3 Å². The van der Waals surface area contributed by atoms with E-state index in [0.29, 0.717) is 24.0 Å². The van der Waals surface area contributed by atoms with Crippen LogP contribution >= 0.6 is 11.6 Å². The summed E-state index contributed by atoms with van der Waals surface area (Å²) in [6.07, 6.45) is 1.88. The fraction of sp³-hybridized carbons (Fsp3) is 0.278. The first kappa shape index (κ1) is 14.9. The van der Waals surface area contributed by atoms with E-state index < -0.39 is 0 Å². The molecule has 2 aromatic carbocycles. The zero-order valence-corrected chi connectivity index (χ0v) is 13.0. The van der Waals surface area contributed by atoms with Gasteiger partial charge in [0, 0.05) is 18.1 Å². The van der Waals surface area contributed by atoms with E-state index in [0.717, 1.165) is 12.8 Å². The third-order valence-corrected chi connectivity index (χ3v) is 4.48. The molecule has 0 radical (unpaired) electrons. The molecule has 1 amide bonds. The van der Waals surface area contributed by atoms with Crippen LogP contribution in [0.1, 0.15) is 34.7 Å². The summed E-state index contributed by atoms with van der Waals surface area (Å²) in [4.78, 5) is 14.3. The van der Waals surface area contributed by atoms with Gasteiger partial charge in [0.15, 0.2) is 0 Å². The number of phenolic OH excluding ortho intramolecular Hbond substituents is 1. The molecule has 4 heteroatoms. The lowest BCUT2D eigenvalue weighted by Crippen LogP contribution is -2.37. The van der Waals surface area contributed by atoms with Crippen molar-refractivity contribution in [3.05, 3.63) is 64.7 Å². The largest absolute Gasteiger partial charge is 0.507 e. The molecule has 0 bridgehead atoms. The van der Waals surface area contributed by atoms with Gasteiger partial charge in [-0.1, -0.05) is 41.9 Å². The molecular formula is C18H18ClNO2. The van der Waals surface area contributed by atoms with Crippen molar-refractivity contribution in [2.45, 2.75) is 18.8 Å². The topological polar surface area (TPSA) is 40.5 Å². The molecule has 114 valence electrons. The van der Waals surface area contributed by atoms with Gasteiger partial charge in [0.2, 0.25) is 0 Å². The number of rotatable bonds is 2. The van der Waals surface area contributed by atoms with Crippen LogP contribution in [0.2, 0.25) is 5.02 Å². The second kappa shape index (κ2) is 6.41. The van der Waals surface area contributed by atoms with E-state index in [1.165, 1.54) is 17.7 Å². The molecule has 2 aromatic rings. The molecule has 3 nitrogen and oxygen atoms in total. The highest BCUT2D eigenvalue weighted by Gasteiger charge is 2.25. The van der Waals surface area contributed by atoms with Crippen LogP contribution in [0.3, 0.4) is 0 Å². The second-order valence-electron chi connectivity index (χ2n) is 5.64. The summed E-state index contributed by atoms with van der Waals surface area (Å²) in [6.45, 7) is 1.40. The molecule has 3 rings (SSSR count). The Morgan fingerprint density at radius 1 is 1.09 bits per heavy atom. The van der Waals surface area contributed by atoms with E-state index in [-0.39, 0.29) is 17.2 Å². The highest BCUT2D eigenvalue weighted by molar-refractivity contribution is 6.31. The van der Waals surface area contributed by atoms with Gasteiger partial charge in [-0.25, -0.2) is 0 Å². The summed E-state index contributed by atoms with van der Waals surface area (Å²) in [5, 5.41) is 10.3. The predicted molar refractivity (Wildman–Crippen MR) is 87.4 cm³/mol. The van der Waals surface area contributed by atoms with E-state index in [1.807, 2.05) is 6.07 Å². The van der Waals surface area contributed by atoms with E-state index in [9.17, 15) is 9.90 Å². The Kier molecular flexibility index (Phi) is 4.34. The van der Waals surface area contributed by atoms with E-state index in [1.54, 1.807) is 11.0 Å². The Labute approximate surface area is 135 Å². The van der Waals surface area contributed by atoms with Gasteiger partial charge in [0.05, 0.1) is 5.56 Å². The van der Waals surface area contributed by atoms with Crippen molar-refractivity contribution in [3.8, 4) is 5.75 Å². The molecule has 1 fully saturated rings. The first-order valence-corrected chi connectivity index (χ1v) is 7.85. The number of likely N-dealkylation sites (tertiary alicyclic amines) is 1. The maximum Gasteiger partial charge on any atom is 0.257 e. The Hall–Kier alpha value is -2.00. The smallest absolute Gasteiger partial charge is 0.257 e. The van der Waals surface area contributed by atoms with Crippen LogP contribution in [0, 0.1) is 0 Å². The van der Waals surface area contributed by atoms with Crippen molar-refractivity contribution in [2.24, 2.45) is 0 Å². The monoisotopic (exact) mass is 315 g/mol. The maximum absolute atomic E-state index is 12.5. The lowest BCUT2D eigenvalue weighted by Gasteiger charge is -2.32. The van der Waals surface area contributed by atoms with Gasteiger partial charge in [0.25, 0.3) is 5.91 Å². The van der Waals surface area contributed by atoms with Crippen molar-refractivity contribution < 1.29 is 9.90 Å². The summed E-state index contributed by atoms with van der Waals surface area (Å²) in [6, 6.07) is 15.0. The first-order valence-electron chi connectivity index (χ1n) is 7.48. The first-order chi connectivity index (χ1) is 10.6. The maximum atomic E-state index is 12.5. The number of carbonyl (C=O) groups excluding carboxylic acids is 1. The third kappa shape index (κ3) is 3.09. The van der Waals surface area contributed by atoms with Crippen LogP contribution in [-0.2, 0) is 0 Å². The standard InChI is InChI=1S/C18H18ClNO2/c19-15-6-7-17(21)16(12-15)18(22)20-10-8-14(9-11-20)13-4-2-1-3-5-13/h1-7,12,14,21H,8-11H2. The minimum absolute atomic E-state index is 0.0143. The number of carbonyl (C=O) groups is 1. The summed E-state index contributed by atoms with van der Waals surface area (Å²) in [7, 11) is 0. The van der Waals surface area contributed by atoms with Gasteiger partial charge in [-0.05, 0) is 42.5 Å². The molecule has 1 aliphatic rings. The summed E-state index contributed by atoms with van der Waals surface area (Å²) in [5.41, 5.74) is 1.62. The van der Waals surface area contributed by atoms with Gasteiger partial charge in [-0.15, -0.1) is 0 Å². The number of phenols is 1. The minimum Gasteiger partial charge on any atom is -0.507 e. The minimum atomic E-state index is -0.147. The van der Waals surface area contributed by atoms with E-state index in [4.69, 9.17) is 11.6 Å². The molecule has 1 aliphatic heterocycles. The Bertz CT molecular complexity index is 664. The van der Waals surface area contributed by atoms with Gasteiger partial charge in [-0.3, -0.25) is 4.79 Å². The number of halogens is 1. The zero-order valence-electron chi connectivity index (χ0n) is 12.2. The molecule has 0 spiro atoms. The number of benzene rings is 2. The zero-order chi connectivity index (χ0) is 15.5. The molecular weight excluding hydrogens is 298 g/mol. The van der Waals surface area contributed by atoms with Gasteiger partial charge in [-0.2, -0.15) is 0 Å². The number of aromatic hydroxyl groups is 1. The average Bonchev–Trinajstić information content (AvgIpc) is 2.57. The highest BCUT2D eigenvalue weighted by Crippen LogP contribution is 2.30. The molecule has 0 saturated carbocycles. The van der Waals surface area contributed by atoms with Gasteiger partial charge >= 0.3 is 0 Å². The van der Waals surface area contributed by atoms with Crippen molar-refractivity contribution in [3.63, 3.8) is 0 Å². The lowest BCUT2D eigenvalue weighted by atomic mass is 9.89. The van der Waals surface area contributed by atoms with Crippen LogP contribution in [0.25, 0.3) is 0 Å². The third-order valence-electron chi connectivity index (χ3n) is 4.24. The lowest BCUT2D eigenvalue weighted by molar-refractivity contribution is 0.0710. The van der Waals surface area contributed by atoms with Gasteiger partial charge < -0.3 is 10.0 Å². The highest BCUT2D eigenvalue weighted by atomic mass is 35.5. The molecule has 0 aromatic heterocycles. The number of nitrogens with zero attached hydrogens (tertiary/aromatic N) is 1. The fourth-order valence-corrected chi connectivity index (χ4v) is 3.16. The number of hydrogen-bond acceptors (Lipinski definition) is 2. The Morgan fingerprint density at radius 2 is 1.77 bits per heavy atom. The Morgan fingerprint density at radius 3 is 2.45 bits per heavy atom. The number of amides is 1. The van der Waals surface area contributed by atoms with E-state index >= 15 is 0 Å². The van der Waals surface area contributed by atoms with Gasteiger partial charge in [0.1, 0.15) is 5.75 Å². The molecule has 0 aliphatic carbocycles. The van der Waals surface area contributed by atoms with Crippen LogP contribution in [-0.4, -0.2) is 29.0 Å². The van der Waals surface area contributed by atoms with Crippen LogP contribution in [0.4, 0.5) is 0 Å². The summed E-state index contributed by atoms with van der Waals surface area (Å²) < 4.78 is 0. The summed E-state index contributed by atoms with van der Waals surface area (Å²) in [5.74, 6) is 0.337. The SMILES string of the molecule is O=C(c1cc(Cl)ccc1O)N1CCC(c2ccccc2)CC1. The average molecular weight is 316 g/mol. The molecule has 0 atom stereocenters. The van der Waals surface area contributed by atoms with Crippen molar-refractivity contribution in [2.75, 3.05) is 13.1 Å². The molecule has 1 N–H and O–H groups in total. The van der Waals surface area contributed by atoms with Crippen LogP contribution in [0.5, 0.6) is 5.75 Å². The molecule has 1 heterocycles. The quantitative estimate of drug-likeness (QED) is 0.907. The van der Waals surface area contributed by atoms with Crippen molar-refractivity contribution >= 4 is 17.5 Å². The van der Waals surface area contributed by atoms with Crippen molar-refractivity contribution in [1.29, 1.82) is 0 Å². The Balaban J connectivity index is 1.68. The number of piperidine rings is 1. The molecule has 0 unspecified atom stereocenters. The fourth-order valence-electron chi connectivity index (χ4n) is 2.99. The second-order valence-corrected chi connectivity index (χ2v) is 6.08. The normalized spacial score (nSPS) is 15.8. The van der Waals surface area contributed by atoms with Crippen LogP contribution in [0.15, 0.2) is 48.5 Å². The number of hydrogen-bond donors (Lipinski definition) is 1.